The van der Waals surface area contributed by atoms with Crippen molar-refractivity contribution in [2.24, 2.45) is 21.1 Å². The molecule has 26 heteroatoms. The van der Waals surface area contributed by atoms with E-state index < -0.39 is 21.9 Å². The number of Topliss-reactive ketones (excluding diaryl/α,β-unsaturated/α-hetero) is 1. The predicted octanol–water partition coefficient (Wildman–Crippen LogP) is 22.8. The average molecular weight is 1960 g/mol. The molecule has 22 nitrogen and oxygen atoms in total. The van der Waals surface area contributed by atoms with Crippen LogP contribution in [-0.4, -0.2) is 100 Å². The van der Waals surface area contributed by atoms with Crippen molar-refractivity contribution in [1.29, 1.82) is 0 Å². The van der Waals surface area contributed by atoms with Crippen molar-refractivity contribution in [3.05, 3.63) is 360 Å². The van der Waals surface area contributed by atoms with Crippen LogP contribution in [0.1, 0.15) is 200 Å². The Kier molecular flexibility index (Phi) is 32.6. The summed E-state index contributed by atoms with van der Waals surface area (Å²) in [7, 11) is 3.14. The first kappa shape index (κ1) is 102. The molecule has 140 heavy (non-hydrogen) atoms. The van der Waals surface area contributed by atoms with Gasteiger partial charge in [0.25, 0.3) is 15.9 Å². The minimum absolute atomic E-state index is 0.00377. The fourth-order valence-corrected chi connectivity index (χ4v) is 20.4. The number of methoxy groups -OCH3 is 1. The number of amides is 4. The van der Waals surface area contributed by atoms with E-state index in [4.69, 9.17) is 53.8 Å². The summed E-state index contributed by atoms with van der Waals surface area (Å²) in [6, 6.07) is 58.0. The molecule has 0 spiro atoms. The van der Waals surface area contributed by atoms with E-state index in [1.54, 1.807) is 74.5 Å². The Morgan fingerprint density at radius 2 is 0.671 bits per heavy atom. The number of ketones is 1. The Labute approximate surface area is 835 Å². The van der Waals surface area contributed by atoms with Gasteiger partial charge in [0.15, 0.2) is 5.78 Å². The molecule has 16 rings (SSSR count). The zero-order chi connectivity index (χ0) is 100. The first-order valence-electron chi connectivity index (χ1n) is 46.9. The van der Waals surface area contributed by atoms with Crippen LogP contribution in [0.5, 0.6) is 17.2 Å². The highest BCUT2D eigenvalue weighted by Gasteiger charge is 2.35. The number of hydrogen-bond acceptors (Lipinski definition) is 15. The maximum absolute atomic E-state index is 14.0. The topological polar surface area (TPSA) is 275 Å². The number of sulfonamides is 1. The zero-order valence-corrected chi connectivity index (χ0v) is 85.7. The third-order valence-electron chi connectivity index (χ3n) is 26.3. The summed E-state index contributed by atoms with van der Waals surface area (Å²) < 4.78 is 56.8. The second-order valence-corrected chi connectivity index (χ2v) is 39.1. The van der Waals surface area contributed by atoms with Crippen LogP contribution in [0, 0.1) is 90.0 Å². The molecule has 0 saturated heterocycles. The molecular weight excluding hydrogens is 1840 g/mol. The van der Waals surface area contributed by atoms with E-state index in [-0.39, 0.29) is 40.5 Å². The fraction of sp³-hybridized carbons (Fsp3) is 0.289. The lowest BCUT2D eigenvalue weighted by atomic mass is 9.93. The van der Waals surface area contributed by atoms with Gasteiger partial charge in [0, 0.05) is 137 Å². The number of esters is 1. The average Bonchev–Trinajstić information content (AvgIpc) is 1.61. The van der Waals surface area contributed by atoms with E-state index >= 15 is 0 Å². The normalized spacial score (nSPS) is 12.4. The van der Waals surface area contributed by atoms with E-state index in [2.05, 4.69) is 105 Å². The molecule has 0 saturated carbocycles. The summed E-state index contributed by atoms with van der Waals surface area (Å²) in [6.07, 6.45) is 5.72. The van der Waals surface area contributed by atoms with Crippen molar-refractivity contribution >= 4 is 96.9 Å². The molecule has 13 aromatic rings. The summed E-state index contributed by atoms with van der Waals surface area (Å²) in [4.78, 5) is 78.5. The first-order valence-corrected chi connectivity index (χ1v) is 49.6. The quantitative estimate of drug-likeness (QED) is 0.0173. The number of rotatable bonds is 32. The van der Waals surface area contributed by atoms with E-state index in [1.165, 1.54) is 19.2 Å². The molecule has 3 aromatic heterocycles. The molecule has 3 aliphatic rings. The van der Waals surface area contributed by atoms with Crippen LogP contribution in [-0.2, 0) is 89.2 Å². The number of carbonyl (C=O) groups excluding carboxylic acids is 6. The highest BCUT2D eigenvalue weighted by atomic mass is 35.5. The van der Waals surface area contributed by atoms with Gasteiger partial charge in [0.2, 0.25) is 17.7 Å². The van der Waals surface area contributed by atoms with Crippen LogP contribution in [0.25, 0.3) is 50.1 Å². The van der Waals surface area contributed by atoms with Crippen LogP contribution in [0.2, 0.25) is 15.1 Å². The van der Waals surface area contributed by atoms with E-state index in [9.17, 15) is 37.2 Å². The summed E-state index contributed by atoms with van der Waals surface area (Å²) in [5.74, 6) is 0.789. The van der Waals surface area contributed by atoms with Crippen molar-refractivity contribution in [2.75, 3.05) is 26.9 Å². The summed E-state index contributed by atoms with van der Waals surface area (Å²) in [5.41, 5.74) is 34.9. The second-order valence-electron chi connectivity index (χ2n) is 36.3. The van der Waals surface area contributed by atoms with Crippen molar-refractivity contribution in [3.63, 3.8) is 0 Å². The lowest BCUT2D eigenvalue weighted by Gasteiger charge is -2.13. The minimum Gasteiger partial charge on any atom is -0.494 e. The van der Waals surface area contributed by atoms with Crippen LogP contribution < -0.4 is 34.9 Å². The number of aromatic nitrogens is 6. The Balaban J connectivity index is 0.000000168. The maximum atomic E-state index is 14.0. The predicted molar refractivity (Wildman–Crippen MR) is 555 cm³/mol. The van der Waals surface area contributed by atoms with Crippen molar-refractivity contribution in [2.45, 2.75) is 179 Å². The SMILES string of the molecule is CC(=O)c1cccc(CNC(=O)C2=C(CCCOc3cc(C)c(Cl)c(C)c3)c3cccc(-c4c(C)nn(C)c4C)c3C2)c1.COC(=O)c1cccc(CNC(=O)C2=C(CCCOc3cc(C)c(Cl)c(C)c3)c3cccc(-c4c(C)nn(C)c4C)c3C2)c1.Cc1cccc(S(=O)(=O)NC(=O)c2cccc(CNC(=O)C3=C(CCCOc4cc(C)c(Cl)c(C)c4)c4cccc(-c5c(C)nn(C)c5C)c4C3)c2)c1. The number of benzene rings is 10. The molecule has 724 valence electrons. The van der Waals surface area contributed by atoms with Crippen molar-refractivity contribution in [1.82, 2.24) is 50.0 Å². The highest BCUT2D eigenvalue weighted by Crippen LogP contribution is 2.47. The van der Waals surface area contributed by atoms with Gasteiger partial charge in [-0.3, -0.25) is 38.0 Å². The molecule has 4 N–H and O–H groups in total. The van der Waals surface area contributed by atoms with Gasteiger partial charge in [0.1, 0.15) is 17.2 Å². The lowest BCUT2D eigenvalue weighted by Crippen LogP contribution is -2.31. The van der Waals surface area contributed by atoms with Crippen molar-refractivity contribution < 1.29 is 56.1 Å². The minimum atomic E-state index is -4.07. The summed E-state index contributed by atoms with van der Waals surface area (Å²) in [6.45, 7) is 29.7. The summed E-state index contributed by atoms with van der Waals surface area (Å²) >= 11 is 19.0. The summed E-state index contributed by atoms with van der Waals surface area (Å²) in [5, 5.41) is 25.5. The Morgan fingerprint density at radius 3 is 0.986 bits per heavy atom. The molecule has 10 aromatic carbocycles. The standard InChI is InChI=1S/C42H43ClN4O5S.C36H38ClN3O4.C36H38ClN3O3/c1-25-11-7-14-33(19-25)53(50,51)46-41(48)31-13-8-12-30(22-31)24-44-42(49)38-23-37-34(15-9-16-36(37)39-28(4)45-47(6)29(39)5)35(38)17-10-18-52-32-20-26(2)40(43)27(3)21-32;1-21-16-27(17-22(2)34(21)37)44-15-9-14-29-28-12-8-13-30(33-23(3)39-40(5)24(33)4)31(28)19-32(29)35(41)38-20-25-10-7-11-26(18-25)36(42)43-6;1-21-16-28(17-22(2)35(21)37)43-15-9-14-30-29-12-8-13-31(34-23(3)39-40(6)24(34)4)32(29)19-33(30)36(42)38-20-26-10-7-11-27(18-26)25(5)41/h7-9,11-16,19-22H,10,17-18,23-24H2,1-6H3,(H,44,49)(H,46,48);7-8,10-13,16-18H,9,14-15,19-20H2,1-6H3,(H,38,41);7-8,10-13,16-18H,9,14-15,19-20H2,1-6H3,(H,38,42). The smallest absolute Gasteiger partial charge is 0.337 e. The second kappa shape index (κ2) is 44.6. The molecule has 4 amide bonds. The zero-order valence-electron chi connectivity index (χ0n) is 82.6. The highest BCUT2D eigenvalue weighted by molar-refractivity contribution is 7.90. The lowest BCUT2D eigenvalue weighted by molar-refractivity contribution is -0.118. The molecule has 0 fully saturated rings. The Morgan fingerprint density at radius 1 is 0.371 bits per heavy atom. The molecule has 0 bridgehead atoms. The van der Waals surface area contributed by atoms with Crippen molar-refractivity contribution in [3.8, 4) is 50.6 Å². The number of allylic oxidation sites excluding steroid dienone is 3. The third kappa shape index (κ3) is 23.2. The van der Waals surface area contributed by atoms with Gasteiger partial charge >= 0.3 is 5.97 Å². The van der Waals surface area contributed by atoms with Gasteiger partial charge in [0.05, 0.1) is 54.5 Å². The van der Waals surface area contributed by atoms with Gasteiger partial charge in [-0.25, -0.2) is 17.9 Å². The number of hydrogen-bond donors (Lipinski definition) is 4. The number of carbonyl (C=O) groups is 6. The third-order valence-corrected chi connectivity index (χ3v) is 29.4. The number of aryl methyl sites for hydroxylation is 13. The molecule has 0 aliphatic heterocycles. The van der Waals surface area contributed by atoms with Gasteiger partial charge in [-0.1, -0.05) is 144 Å². The van der Waals surface area contributed by atoms with Gasteiger partial charge < -0.3 is 34.9 Å². The van der Waals surface area contributed by atoms with Crippen LogP contribution in [0.4, 0.5) is 0 Å². The van der Waals surface area contributed by atoms with Gasteiger partial charge in [-0.15, -0.1) is 0 Å². The number of fused-ring (bicyclic) bond motifs is 3. The maximum Gasteiger partial charge on any atom is 0.337 e. The molecule has 0 atom stereocenters. The monoisotopic (exact) mass is 1960 g/mol. The Bertz CT molecular complexity index is 7220. The number of nitrogens with one attached hydrogen (secondary N) is 4. The number of nitrogens with zero attached hydrogens (tertiary/aromatic N) is 6. The van der Waals surface area contributed by atoms with Crippen LogP contribution in [0.15, 0.2) is 210 Å². The molecule has 0 radical (unpaired) electrons. The molecular formula is C114H119Cl3N10O12S. The van der Waals surface area contributed by atoms with E-state index in [1.807, 2.05) is 164 Å². The molecule has 3 heterocycles. The molecule has 3 aliphatic carbocycles. The molecule has 0 unspecified atom stereocenters. The van der Waals surface area contributed by atoms with Crippen LogP contribution >= 0.6 is 34.8 Å². The number of halogens is 3. The van der Waals surface area contributed by atoms with Gasteiger partial charge in [-0.2, -0.15) is 15.3 Å². The fourth-order valence-electron chi connectivity index (χ4n) is 19.0. The van der Waals surface area contributed by atoms with Crippen LogP contribution in [0.3, 0.4) is 0 Å². The Hall–Kier alpha value is -13.7. The first-order chi connectivity index (χ1) is 66.9. The van der Waals surface area contributed by atoms with Gasteiger partial charge in [-0.05, 0) is 337 Å². The number of ether oxygens (including phenoxy) is 4. The van der Waals surface area contributed by atoms with E-state index in [0.29, 0.717) is 100 Å². The largest absolute Gasteiger partial charge is 0.494 e. The van der Waals surface area contributed by atoms with E-state index in [0.717, 1.165) is 224 Å².